The van der Waals surface area contributed by atoms with Gasteiger partial charge in [-0.1, -0.05) is 18.2 Å². The molecule has 0 saturated carbocycles. The van der Waals surface area contributed by atoms with Crippen molar-refractivity contribution in [3.8, 4) is 0 Å². The summed E-state index contributed by atoms with van der Waals surface area (Å²) < 4.78 is 0. The maximum atomic E-state index is 12.6. The second-order valence-corrected chi connectivity index (χ2v) is 7.95. The molecule has 2 aromatic rings. The molecular formula is C21H26N4OS. The second kappa shape index (κ2) is 8.13. The van der Waals surface area contributed by atoms with E-state index in [1.807, 2.05) is 4.90 Å². The number of hydrogen-bond donors (Lipinski definition) is 1. The summed E-state index contributed by atoms with van der Waals surface area (Å²) in [5.74, 6) is 1.09. The average Bonchev–Trinajstić information content (AvgIpc) is 3.33. The van der Waals surface area contributed by atoms with Gasteiger partial charge in [0.1, 0.15) is 0 Å². The molecule has 5 nitrogen and oxygen atoms in total. The quantitative estimate of drug-likeness (QED) is 0.653. The molecule has 0 atom stereocenters. The number of thiophene rings is 1. The Morgan fingerprint density at radius 3 is 2.96 bits per heavy atom. The van der Waals surface area contributed by atoms with Crippen molar-refractivity contribution >= 4 is 28.9 Å². The molecule has 4 rings (SSSR count). The average molecular weight is 383 g/mol. The zero-order valence-electron chi connectivity index (χ0n) is 15.8. The fraction of sp³-hybridized carbons (Fsp3) is 0.429. The summed E-state index contributed by atoms with van der Waals surface area (Å²) >= 11 is 1.80. The number of para-hydroxylation sites is 1. The molecule has 2 aliphatic heterocycles. The molecule has 2 aliphatic rings. The van der Waals surface area contributed by atoms with E-state index in [9.17, 15) is 4.79 Å². The number of carbonyl (C=O) groups excluding carboxylic acids is 1. The summed E-state index contributed by atoms with van der Waals surface area (Å²) in [4.78, 5) is 23.0. The van der Waals surface area contributed by atoms with Gasteiger partial charge in [0.2, 0.25) is 5.91 Å². The van der Waals surface area contributed by atoms with Crippen molar-refractivity contribution in [1.82, 2.24) is 10.2 Å². The van der Waals surface area contributed by atoms with Gasteiger partial charge in [-0.25, -0.2) is 0 Å². The van der Waals surface area contributed by atoms with E-state index in [1.165, 1.54) is 21.7 Å². The molecule has 0 fully saturated rings. The van der Waals surface area contributed by atoms with Gasteiger partial charge in [-0.05, 0) is 48.4 Å². The largest absolute Gasteiger partial charge is 0.356 e. The zero-order valence-corrected chi connectivity index (χ0v) is 16.6. The van der Waals surface area contributed by atoms with Crippen molar-refractivity contribution in [3.05, 3.63) is 51.7 Å². The smallest absolute Gasteiger partial charge is 0.224 e. The normalized spacial score (nSPS) is 16.3. The van der Waals surface area contributed by atoms with Gasteiger partial charge in [-0.15, -0.1) is 11.3 Å². The highest BCUT2D eigenvalue weighted by molar-refractivity contribution is 7.10. The predicted molar refractivity (Wildman–Crippen MR) is 112 cm³/mol. The number of anilines is 1. The summed E-state index contributed by atoms with van der Waals surface area (Å²) in [6, 6.07) is 10.6. The monoisotopic (exact) mass is 382 g/mol. The van der Waals surface area contributed by atoms with Crippen LogP contribution in [0.15, 0.2) is 40.7 Å². The number of benzene rings is 1. The molecule has 0 saturated heterocycles. The lowest BCUT2D eigenvalue weighted by molar-refractivity contribution is -0.131. The molecule has 0 unspecified atom stereocenters. The van der Waals surface area contributed by atoms with E-state index in [-0.39, 0.29) is 5.91 Å². The molecule has 0 bridgehead atoms. The van der Waals surface area contributed by atoms with E-state index in [0.717, 1.165) is 45.0 Å². The predicted octanol–water partition coefficient (Wildman–Crippen LogP) is 3.05. The first-order chi connectivity index (χ1) is 13.3. The van der Waals surface area contributed by atoms with Gasteiger partial charge < -0.3 is 15.1 Å². The fourth-order valence-corrected chi connectivity index (χ4v) is 4.72. The summed E-state index contributed by atoms with van der Waals surface area (Å²) in [5.41, 5.74) is 3.90. The number of aliphatic imine (C=N–C) groups is 1. The van der Waals surface area contributed by atoms with E-state index in [1.54, 1.807) is 11.3 Å². The van der Waals surface area contributed by atoms with E-state index in [0.29, 0.717) is 13.0 Å². The SMILES string of the molecule is CCNC(=NCCC(=O)N1CCc2sccc2C1)N1CCc2ccccc21. The number of amides is 1. The Labute approximate surface area is 164 Å². The van der Waals surface area contributed by atoms with Crippen LogP contribution in [-0.4, -0.2) is 42.9 Å². The zero-order chi connectivity index (χ0) is 18.6. The Hall–Kier alpha value is -2.34. The molecule has 27 heavy (non-hydrogen) atoms. The third kappa shape index (κ3) is 3.86. The summed E-state index contributed by atoms with van der Waals surface area (Å²) in [6.07, 6.45) is 2.48. The van der Waals surface area contributed by atoms with Gasteiger partial charge in [0.25, 0.3) is 0 Å². The van der Waals surface area contributed by atoms with Gasteiger partial charge in [0, 0.05) is 43.2 Å². The Balaban J connectivity index is 1.38. The molecule has 142 valence electrons. The van der Waals surface area contributed by atoms with Crippen LogP contribution in [0, 0.1) is 0 Å². The van der Waals surface area contributed by atoms with Crippen LogP contribution in [0.1, 0.15) is 29.3 Å². The van der Waals surface area contributed by atoms with Crippen molar-refractivity contribution in [1.29, 1.82) is 0 Å². The van der Waals surface area contributed by atoms with Crippen LogP contribution in [-0.2, 0) is 24.2 Å². The lowest BCUT2D eigenvalue weighted by atomic mass is 10.1. The highest BCUT2D eigenvalue weighted by atomic mass is 32.1. The lowest BCUT2D eigenvalue weighted by Gasteiger charge is -2.27. The minimum atomic E-state index is 0.202. The molecule has 0 radical (unpaired) electrons. The number of nitrogens with one attached hydrogen (secondary N) is 1. The highest BCUT2D eigenvalue weighted by Gasteiger charge is 2.23. The van der Waals surface area contributed by atoms with E-state index in [2.05, 4.69) is 52.9 Å². The Bertz CT molecular complexity index is 844. The molecule has 1 aromatic carbocycles. The molecule has 3 heterocycles. The van der Waals surface area contributed by atoms with Crippen LogP contribution in [0.2, 0.25) is 0 Å². The maximum Gasteiger partial charge on any atom is 0.224 e. The van der Waals surface area contributed by atoms with Crippen molar-refractivity contribution in [3.63, 3.8) is 0 Å². The van der Waals surface area contributed by atoms with Crippen LogP contribution < -0.4 is 10.2 Å². The molecule has 1 N–H and O–H groups in total. The van der Waals surface area contributed by atoms with Gasteiger partial charge in [-0.2, -0.15) is 0 Å². The minimum Gasteiger partial charge on any atom is -0.356 e. The first-order valence-corrected chi connectivity index (χ1v) is 10.6. The first-order valence-electron chi connectivity index (χ1n) is 9.73. The summed E-state index contributed by atoms with van der Waals surface area (Å²) in [5, 5.41) is 5.51. The Morgan fingerprint density at radius 2 is 2.07 bits per heavy atom. The first kappa shape index (κ1) is 18.0. The van der Waals surface area contributed by atoms with E-state index in [4.69, 9.17) is 4.99 Å². The molecular weight excluding hydrogens is 356 g/mol. The van der Waals surface area contributed by atoms with Gasteiger partial charge >= 0.3 is 0 Å². The molecule has 0 spiro atoms. The van der Waals surface area contributed by atoms with Crippen LogP contribution in [0.4, 0.5) is 5.69 Å². The van der Waals surface area contributed by atoms with Crippen molar-refractivity contribution < 1.29 is 4.79 Å². The van der Waals surface area contributed by atoms with Crippen LogP contribution >= 0.6 is 11.3 Å². The fourth-order valence-electron chi connectivity index (χ4n) is 3.83. The summed E-state index contributed by atoms with van der Waals surface area (Å²) in [6.45, 7) is 5.93. The van der Waals surface area contributed by atoms with Crippen molar-refractivity contribution in [2.45, 2.75) is 32.7 Å². The van der Waals surface area contributed by atoms with Crippen LogP contribution in [0.3, 0.4) is 0 Å². The molecule has 1 aromatic heterocycles. The number of hydrogen-bond acceptors (Lipinski definition) is 3. The van der Waals surface area contributed by atoms with Crippen LogP contribution in [0.25, 0.3) is 0 Å². The number of guanidine groups is 1. The number of nitrogens with zero attached hydrogens (tertiary/aromatic N) is 3. The van der Waals surface area contributed by atoms with Crippen molar-refractivity contribution in [2.75, 3.05) is 31.1 Å². The Kier molecular flexibility index (Phi) is 5.43. The topological polar surface area (TPSA) is 47.9 Å². The van der Waals surface area contributed by atoms with Gasteiger partial charge in [-0.3, -0.25) is 9.79 Å². The Morgan fingerprint density at radius 1 is 1.19 bits per heavy atom. The van der Waals surface area contributed by atoms with E-state index < -0.39 is 0 Å². The molecule has 0 aliphatic carbocycles. The second-order valence-electron chi connectivity index (χ2n) is 6.95. The van der Waals surface area contributed by atoms with Crippen LogP contribution in [0.5, 0.6) is 0 Å². The van der Waals surface area contributed by atoms with Gasteiger partial charge in [0.05, 0.1) is 6.54 Å². The standard InChI is InChI=1S/C21H26N4OS/c1-2-22-21(25-13-8-16-5-3-4-6-18(16)25)23-11-7-20(26)24-12-9-19-17(15-24)10-14-27-19/h3-6,10,14H,2,7-9,11-13,15H2,1H3,(H,22,23). The highest BCUT2D eigenvalue weighted by Crippen LogP contribution is 2.27. The van der Waals surface area contributed by atoms with E-state index >= 15 is 0 Å². The van der Waals surface area contributed by atoms with Gasteiger partial charge in [0.15, 0.2) is 5.96 Å². The lowest BCUT2D eigenvalue weighted by Crippen LogP contribution is -2.41. The number of rotatable bonds is 4. The third-order valence-electron chi connectivity index (χ3n) is 5.23. The van der Waals surface area contributed by atoms with Crippen molar-refractivity contribution in [2.24, 2.45) is 4.99 Å². The number of carbonyl (C=O) groups is 1. The summed E-state index contributed by atoms with van der Waals surface area (Å²) in [7, 11) is 0. The molecule has 1 amide bonds. The maximum absolute atomic E-state index is 12.6. The third-order valence-corrected chi connectivity index (χ3v) is 6.25. The number of fused-ring (bicyclic) bond motifs is 2. The minimum absolute atomic E-state index is 0.202. The molecule has 6 heteroatoms.